The highest BCUT2D eigenvalue weighted by atomic mass is 35.5. The first-order valence-electron chi connectivity index (χ1n) is 11.0. The summed E-state index contributed by atoms with van der Waals surface area (Å²) in [6.45, 7) is 3.73. The molecular formula is C25H24ClF2N3O3S. The zero-order chi connectivity index (χ0) is 24.9. The Morgan fingerprint density at radius 1 is 1.06 bits per heavy atom. The number of anilines is 1. The van der Waals surface area contributed by atoms with Crippen LogP contribution in [0.25, 0.3) is 11.1 Å². The van der Waals surface area contributed by atoms with Crippen LogP contribution in [0.15, 0.2) is 47.8 Å². The number of carbonyl (C=O) groups is 2. The van der Waals surface area contributed by atoms with Crippen LogP contribution >= 0.6 is 22.9 Å². The summed E-state index contributed by atoms with van der Waals surface area (Å²) in [4.78, 5) is 29.5. The Kier molecular flexibility index (Phi) is 8.12. The summed E-state index contributed by atoms with van der Waals surface area (Å²) in [5, 5.41) is 5.09. The highest BCUT2D eigenvalue weighted by Crippen LogP contribution is 2.36. The van der Waals surface area contributed by atoms with Crippen molar-refractivity contribution < 1.29 is 23.1 Å². The van der Waals surface area contributed by atoms with Crippen LogP contribution in [0.2, 0.25) is 5.02 Å². The number of methoxy groups -OCH3 is 1. The minimum Gasteiger partial charge on any atom is -0.465 e. The van der Waals surface area contributed by atoms with Gasteiger partial charge in [-0.2, -0.15) is 0 Å². The number of nitrogens with zero attached hydrogens (tertiary/aromatic N) is 2. The van der Waals surface area contributed by atoms with E-state index < -0.39 is 11.8 Å². The van der Waals surface area contributed by atoms with Crippen molar-refractivity contribution in [3.8, 4) is 11.1 Å². The second kappa shape index (κ2) is 11.3. The molecule has 1 N–H and O–H groups in total. The number of rotatable bonds is 7. The summed E-state index contributed by atoms with van der Waals surface area (Å²) in [6.07, 6.45) is 0. The van der Waals surface area contributed by atoms with Crippen LogP contribution in [0.4, 0.5) is 13.8 Å². The molecule has 2 aromatic carbocycles. The third-order valence-corrected chi connectivity index (χ3v) is 7.00. The van der Waals surface area contributed by atoms with Gasteiger partial charge in [-0.25, -0.2) is 13.6 Å². The second-order valence-electron chi connectivity index (χ2n) is 8.20. The summed E-state index contributed by atoms with van der Waals surface area (Å²) in [6, 6.07) is 10.5. The van der Waals surface area contributed by atoms with E-state index in [1.54, 1.807) is 29.6 Å². The van der Waals surface area contributed by atoms with Crippen molar-refractivity contribution in [3.63, 3.8) is 0 Å². The average molecular weight is 520 g/mol. The molecule has 1 amide bonds. The Balaban J connectivity index is 1.35. The number of ether oxygens (including phenoxy) is 1. The van der Waals surface area contributed by atoms with Gasteiger partial charge in [0.25, 0.3) is 0 Å². The average Bonchev–Trinajstić information content (AvgIpc) is 3.26. The van der Waals surface area contributed by atoms with Gasteiger partial charge in [0.2, 0.25) is 5.91 Å². The number of nitrogens with one attached hydrogen (secondary N) is 1. The number of thiophene rings is 1. The standard InChI is InChI=1S/C25H24ClF2N3O3S/c1-34-25(33)23-19(17-3-5-18(27)6-4-17)15-35-24(23)29-22(32)14-31-10-8-30(9-11-31)13-16-2-7-21(28)20(26)12-16/h2-7,12,15H,8-11,13-14H2,1H3,(H,29,32). The topological polar surface area (TPSA) is 61.9 Å². The molecule has 0 spiro atoms. The van der Waals surface area contributed by atoms with Gasteiger partial charge >= 0.3 is 5.97 Å². The minimum absolute atomic E-state index is 0.111. The molecule has 1 aliphatic rings. The first-order valence-corrected chi connectivity index (χ1v) is 12.2. The van der Waals surface area contributed by atoms with Gasteiger partial charge in [0.1, 0.15) is 22.2 Å². The lowest BCUT2D eigenvalue weighted by atomic mass is 10.0. The van der Waals surface area contributed by atoms with Crippen molar-refractivity contribution in [2.45, 2.75) is 6.54 Å². The quantitative estimate of drug-likeness (QED) is 0.450. The first-order chi connectivity index (χ1) is 16.8. The fourth-order valence-corrected chi connectivity index (χ4v) is 5.14. The highest BCUT2D eigenvalue weighted by Gasteiger charge is 2.24. The van der Waals surface area contributed by atoms with Gasteiger partial charge in [-0.1, -0.05) is 29.8 Å². The summed E-state index contributed by atoms with van der Waals surface area (Å²) in [7, 11) is 1.28. The molecule has 35 heavy (non-hydrogen) atoms. The predicted octanol–water partition coefficient (Wildman–Crippen LogP) is 4.89. The van der Waals surface area contributed by atoms with Crippen LogP contribution in [0.5, 0.6) is 0 Å². The predicted molar refractivity (Wildman–Crippen MR) is 133 cm³/mol. The van der Waals surface area contributed by atoms with Gasteiger partial charge in [0.05, 0.1) is 18.7 Å². The molecule has 0 saturated carbocycles. The fourth-order valence-electron chi connectivity index (χ4n) is 3.97. The van der Waals surface area contributed by atoms with Crippen LogP contribution in [0.1, 0.15) is 15.9 Å². The maximum Gasteiger partial charge on any atom is 0.341 e. The van der Waals surface area contributed by atoms with Gasteiger partial charge in [-0.3, -0.25) is 14.6 Å². The molecule has 0 atom stereocenters. The van der Waals surface area contributed by atoms with E-state index in [0.29, 0.717) is 35.8 Å². The molecule has 6 nitrogen and oxygen atoms in total. The minimum atomic E-state index is -0.574. The monoisotopic (exact) mass is 519 g/mol. The first kappa shape index (κ1) is 25.2. The van der Waals surface area contributed by atoms with E-state index in [1.807, 2.05) is 4.90 Å². The number of amides is 1. The van der Waals surface area contributed by atoms with Crippen molar-refractivity contribution >= 4 is 39.8 Å². The third kappa shape index (κ3) is 6.24. The molecule has 0 bridgehead atoms. The van der Waals surface area contributed by atoms with E-state index >= 15 is 0 Å². The zero-order valence-electron chi connectivity index (χ0n) is 19.0. The van der Waals surface area contributed by atoms with Gasteiger partial charge in [-0.05, 0) is 35.4 Å². The summed E-state index contributed by atoms with van der Waals surface area (Å²) in [5.74, 6) is -1.62. The zero-order valence-corrected chi connectivity index (χ0v) is 20.6. The van der Waals surface area contributed by atoms with Gasteiger partial charge in [0, 0.05) is 43.7 Å². The second-order valence-corrected chi connectivity index (χ2v) is 9.49. The molecule has 1 aromatic heterocycles. The van der Waals surface area contributed by atoms with Crippen molar-refractivity contribution in [2.24, 2.45) is 0 Å². The van der Waals surface area contributed by atoms with E-state index in [9.17, 15) is 18.4 Å². The van der Waals surface area contributed by atoms with Crippen molar-refractivity contribution in [3.05, 3.63) is 75.6 Å². The normalized spacial score (nSPS) is 14.6. The Bertz CT molecular complexity index is 1210. The number of piperazine rings is 1. The molecule has 1 saturated heterocycles. The number of hydrogen-bond acceptors (Lipinski definition) is 6. The number of hydrogen-bond donors (Lipinski definition) is 1. The molecular weight excluding hydrogens is 496 g/mol. The number of benzene rings is 2. The van der Waals surface area contributed by atoms with Crippen molar-refractivity contribution in [2.75, 3.05) is 45.2 Å². The van der Waals surface area contributed by atoms with Gasteiger partial charge < -0.3 is 10.1 Å². The molecule has 10 heteroatoms. The van der Waals surface area contributed by atoms with Crippen LogP contribution in [-0.4, -0.2) is 61.5 Å². The molecule has 1 aliphatic heterocycles. The summed E-state index contributed by atoms with van der Waals surface area (Å²) < 4.78 is 31.6. The van der Waals surface area contributed by atoms with E-state index in [2.05, 4.69) is 10.2 Å². The van der Waals surface area contributed by atoms with E-state index in [-0.39, 0.29) is 28.9 Å². The molecule has 0 radical (unpaired) electrons. The molecule has 0 unspecified atom stereocenters. The smallest absolute Gasteiger partial charge is 0.341 e. The molecule has 3 aromatic rings. The van der Waals surface area contributed by atoms with Crippen LogP contribution < -0.4 is 5.32 Å². The Labute approximate surface area is 211 Å². The molecule has 184 valence electrons. The van der Waals surface area contributed by atoms with Crippen LogP contribution in [-0.2, 0) is 16.1 Å². The van der Waals surface area contributed by atoms with Gasteiger partial charge in [-0.15, -0.1) is 11.3 Å². The van der Waals surface area contributed by atoms with Gasteiger partial charge in [0.15, 0.2) is 0 Å². The van der Waals surface area contributed by atoms with E-state index in [1.165, 1.54) is 36.6 Å². The maximum atomic E-state index is 13.4. The molecule has 4 rings (SSSR count). The van der Waals surface area contributed by atoms with Crippen molar-refractivity contribution in [1.82, 2.24) is 9.80 Å². The largest absolute Gasteiger partial charge is 0.465 e. The third-order valence-electron chi connectivity index (χ3n) is 5.81. The Morgan fingerprint density at radius 3 is 2.40 bits per heavy atom. The number of halogens is 3. The lowest BCUT2D eigenvalue weighted by molar-refractivity contribution is -0.117. The van der Waals surface area contributed by atoms with E-state index in [0.717, 1.165) is 18.7 Å². The number of esters is 1. The molecule has 2 heterocycles. The van der Waals surface area contributed by atoms with Crippen LogP contribution in [0.3, 0.4) is 0 Å². The SMILES string of the molecule is COC(=O)c1c(-c2ccc(F)cc2)csc1NC(=O)CN1CCN(Cc2ccc(F)c(Cl)c2)CC1. The summed E-state index contributed by atoms with van der Waals surface area (Å²) in [5.41, 5.74) is 2.42. The lowest BCUT2D eigenvalue weighted by Crippen LogP contribution is -2.48. The number of carbonyl (C=O) groups excluding carboxylic acids is 2. The lowest BCUT2D eigenvalue weighted by Gasteiger charge is -2.34. The van der Waals surface area contributed by atoms with Crippen LogP contribution in [0, 0.1) is 11.6 Å². The Morgan fingerprint density at radius 2 is 1.74 bits per heavy atom. The highest BCUT2D eigenvalue weighted by molar-refractivity contribution is 7.15. The van der Waals surface area contributed by atoms with E-state index in [4.69, 9.17) is 16.3 Å². The summed E-state index contributed by atoms with van der Waals surface area (Å²) >= 11 is 7.09. The Hall–Kier alpha value is -2.85. The molecule has 1 fully saturated rings. The maximum absolute atomic E-state index is 13.4. The fraction of sp³-hybridized carbons (Fsp3) is 0.280. The van der Waals surface area contributed by atoms with Crippen molar-refractivity contribution in [1.29, 1.82) is 0 Å². The molecule has 0 aliphatic carbocycles.